The van der Waals surface area contributed by atoms with Gasteiger partial charge >= 0.3 is 0 Å². The number of nitrogens with zero attached hydrogens (tertiary/aromatic N) is 2. The Morgan fingerprint density at radius 3 is 2.26 bits per heavy atom. The summed E-state index contributed by atoms with van der Waals surface area (Å²) in [5.74, 6) is 1.02. The molecule has 0 atom stereocenters. The summed E-state index contributed by atoms with van der Waals surface area (Å²) in [6.07, 6.45) is 0. The maximum atomic E-state index is 4.25. The second-order valence-electron chi connectivity index (χ2n) is 5.19. The number of fused-ring (bicyclic) bond motifs is 1. The molecule has 3 aromatic carbocycles. The van der Waals surface area contributed by atoms with Crippen LogP contribution in [0, 0.1) is 13.1 Å². The third kappa shape index (κ3) is 2.59. The van der Waals surface area contributed by atoms with Gasteiger partial charge in [0.05, 0.1) is 5.52 Å². The summed E-state index contributed by atoms with van der Waals surface area (Å²) < 4.78 is 4.21. The van der Waals surface area contributed by atoms with Gasteiger partial charge in [0.1, 0.15) is 11.2 Å². The molecule has 0 spiro atoms. The van der Waals surface area contributed by atoms with Crippen molar-refractivity contribution in [3.05, 3.63) is 92.0 Å². The van der Waals surface area contributed by atoms with Crippen LogP contribution in [-0.4, -0.2) is 4.57 Å². The SMILES string of the molecule is [CH2-][n+]1c(-c2[c-]cccc2)n(-c2ccccc2)c2ccccc21.[Ir]. The molecule has 1 radical (unpaired) electrons. The molecule has 0 amide bonds. The Balaban J connectivity index is 0.00000156. The van der Waals surface area contributed by atoms with E-state index in [1.54, 1.807) is 0 Å². The van der Waals surface area contributed by atoms with E-state index in [2.05, 4.69) is 66.2 Å². The van der Waals surface area contributed by atoms with Gasteiger partial charge in [-0.2, -0.15) is 0 Å². The van der Waals surface area contributed by atoms with Crippen molar-refractivity contribution in [2.75, 3.05) is 0 Å². The number of para-hydroxylation sites is 3. The topological polar surface area (TPSA) is 8.81 Å². The monoisotopic (exact) mass is 476 g/mol. The Morgan fingerprint density at radius 1 is 0.826 bits per heavy atom. The molecule has 4 aromatic rings. The first kappa shape index (κ1) is 15.5. The molecule has 0 aliphatic rings. The van der Waals surface area contributed by atoms with Crippen molar-refractivity contribution in [2.24, 2.45) is 0 Å². The van der Waals surface area contributed by atoms with Gasteiger partial charge < -0.3 is 4.57 Å². The van der Waals surface area contributed by atoms with Crippen LogP contribution in [-0.2, 0) is 20.1 Å². The van der Waals surface area contributed by atoms with Gasteiger partial charge in [0.2, 0.25) is 0 Å². The van der Waals surface area contributed by atoms with Crippen LogP contribution in [0.4, 0.5) is 0 Å². The van der Waals surface area contributed by atoms with Gasteiger partial charge in [-0.1, -0.05) is 42.0 Å². The van der Waals surface area contributed by atoms with Crippen LogP contribution >= 0.6 is 0 Å². The molecule has 4 rings (SSSR count). The van der Waals surface area contributed by atoms with Crippen LogP contribution < -0.4 is 4.57 Å². The van der Waals surface area contributed by atoms with Crippen molar-refractivity contribution >= 4 is 11.0 Å². The fourth-order valence-electron chi connectivity index (χ4n) is 2.87. The van der Waals surface area contributed by atoms with Gasteiger partial charge in [-0.15, -0.1) is 30.3 Å². The van der Waals surface area contributed by atoms with Crippen LogP contribution in [0.1, 0.15) is 0 Å². The summed E-state index contributed by atoms with van der Waals surface area (Å²) in [5.41, 5.74) is 4.38. The Bertz CT molecular complexity index is 928. The normalized spacial score (nSPS) is 10.4. The van der Waals surface area contributed by atoms with Gasteiger partial charge in [0.25, 0.3) is 0 Å². The Morgan fingerprint density at radius 2 is 1.52 bits per heavy atom. The molecule has 0 aliphatic carbocycles. The zero-order valence-electron chi connectivity index (χ0n) is 12.4. The molecule has 0 saturated carbocycles. The molecule has 0 N–H and O–H groups in total. The minimum absolute atomic E-state index is 0. The zero-order chi connectivity index (χ0) is 14.9. The maximum absolute atomic E-state index is 4.25. The third-order valence-electron chi connectivity index (χ3n) is 3.85. The van der Waals surface area contributed by atoms with Crippen LogP contribution in [0.5, 0.6) is 0 Å². The quantitative estimate of drug-likeness (QED) is 0.306. The Hall–Kier alpha value is -2.35. The van der Waals surface area contributed by atoms with Crippen molar-refractivity contribution in [2.45, 2.75) is 0 Å². The van der Waals surface area contributed by atoms with Crippen LogP contribution in [0.3, 0.4) is 0 Å². The standard InChI is InChI=1S/C20H15N2.Ir/c1-21-18-14-8-9-15-19(18)22(17-12-6-3-7-13-17)20(21)16-10-4-2-5-11-16;/h2-10,12-15H,1H2;/q-1;. The molecule has 0 saturated heterocycles. The van der Waals surface area contributed by atoms with E-state index in [1.807, 2.05) is 34.9 Å². The molecular weight excluding hydrogens is 460 g/mol. The van der Waals surface area contributed by atoms with Crippen molar-refractivity contribution in [3.63, 3.8) is 0 Å². The van der Waals surface area contributed by atoms with E-state index in [9.17, 15) is 0 Å². The van der Waals surface area contributed by atoms with E-state index in [1.165, 1.54) is 0 Å². The molecule has 2 nitrogen and oxygen atoms in total. The summed E-state index contributed by atoms with van der Waals surface area (Å²) >= 11 is 0. The predicted octanol–water partition coefficient (Wildman–Crippen LogP) is 4.02. The maximum Gasteiger partial charge on any atom is 0.194 e. The smallest absolute Gasteiger partial charge is 0.194 e. The second kappa shape index (κ2) is 6.41. The predicted molar refractivity (Wildman–Crippen MR) is 88.5 cm³/mol. The number of benzene rings is 3. The molecular formula is C20H15IrN2-. The van der Waals surface area contributed by atoms with Crippen molar-refractivity contribution in [1.29, 1.82) is 0 Å². The number of hydrogen-bond acceptors (Lipinski definition) is 0. The molecule has 23 heavy (non-hydrogen) atoms. The molecule has 0 bridgehead atoms. The first-order valence-electron chi connectivity index (χ1n) is 7.25. The van der Waals surface area contributed by atoms with Gasteiger partial charge in [-0.25, -0.2) is 4.57 Å². The second-order valence-corrected chi connectivity index (χ2v) is 5.19. The largest absolute Gasteiger partial charge is 0.349 e. The molecule has 1 heterocycles. The van der Waals surface area contributed by atoms with E-state index >= 15 is 0 Å². The first-order chi connectivity index (χ1) is 10.9. The summed E-state index contributed by atoms with van der Waals surface area (Å²) in [7, 11) is 4.25. The average molecular weight is 476 g/mol. The Labute approximate surface area is 149 Å². The van der Waals surface area contributed by atoms with Gasteiger partial charge in [0.15, 0.2) is 5.82 Å². The number of imidazole rings is 1. The van der Waals surface area contributed by atoms with Crippen molar-refractivity contribution in [1.82, 2.24) is 4.57 Å². The fraction of sp³-hybridized carbons (Fsp3) is 0. The summed E-state index contributed by atoms with van der Waals surface area (Å²) in [6, 6.07) is 30.0. The van der Waals surface area contributed by atoms with Crippen LogP contribution in [0.2, 0.25) is 0 Å². The van der Waals surface area contributed by atoms with Gasteiger partial charge in [-0.05, 0) is 25.2 Å². The van der Waals surface area contributed by atoms with E-state index < -0.39 is 0 Å². The fourth-order valence-corrected chi connectivity index (χ4v) is 2.87. The number of hydrogen-bond donors (Lipinski definition) is 0. The molecule has 1 aromatic heterocycles. The molecule has 0 unspecified atom stereocenters. The number of rotatable bonds is 2. The average Bonchev–Trinajstić information content (AvgIpc) is 2.90. The van der Waals surface area contributed by atoms with Crippen molar-refractivity contribution in [3.8, 4) is 17.1 Å². The van der Waals surface area contributed by atoms with E-state index in [0.717, 1.165) is 28.1 Å². The zero-order valence-corrected chi connectivity index (χ0v) is 14.8. The van der Waals surface area contributed by atoms with E-state index in [0.29, 0.717) is 0 Å². The first-order valence-corrected chi connectivity index (χ1v) is 7.25. The van der Waals surface area contributed by atoms with Crippen LogP contribution in [0.15, 0.2) is 78.9 Å². The van der Waals surface area contributed by atoms with E-state index in [-0.39, 0.29) is 20.1 Å². The molecule has 0 fully saturated rings. The minimum Gasteiger partial charge on any atom is -0.349 e. The minimum atomic E-state index is 0. The van der Waals surface area contributed by atoms with E-state index in [4.69, 9.17) is 0 Å². The van der Waals surface area contributed by atoms with Gasteiger partial charge in [-0.3, -0.25) is 0 Å². The molecule has 115 valence electrons. The van der Waals surface area contributed by atoms with Gasteiger partial charge in [0, 0.05) is 20.1 Å². The third-order valence-corrected chi connectivity index (χ3v) is 3.85. The molecule has 0 aliphatic heterocycles. The summed E-state index contributed by atoms with van der Waals surface area (Å²) in [5, 5.41) is 0. The Kier molecular flexibility index (Phi) is 4.33. The van der Waals surface area contributed by atoms with Crippen LogP contribution in [0.25, 0.3) is 28.1 Å². The summed E-state index contributed by atoms with van der Waals surface area (Å²) in [6.45, 7) is 0. The molecule has 3 heteroatoms. The number of aromatic nitrogens is 2. The summed E-state index contributed by atoms with van der Waals surface area (Å²) in [4.78, 5) is 0. The van der Waals surface area contributed by atoms with Crippen molar-refractivity contribution < 1.29 is 24.7 Å².